The Balaban J connectivity index is 1.48. The molecule has 0 amide bonds. The maximum atomic E-state index is 5.88. The van der Waals surface area contributed by atoms with Crippen molar-refractivity contribution in [1.82, 2.24) is 19.4 Å². The Bertz CT molecular complexity index is 441. The Hall–Kier alpha value is -0.910. The van der Waals surface area contributed by atoms with Crippen LogP contribution in [0.3, 0.4) is 0 Å². The molecule has 2 saturated heterocycles. The fourth-order valence-corrected chi connectivity index (χ4v) is 3.44. The average Bonchev–Trinajstić information content (AvgIpc) is 2.88. The molecule has 2 fully saturated rings. The zero-order chi connectivity index (χ0) is 14.7. The Morgan fingerprint density at radius 2 is 2.24 bits per heavy atom. The molecule has 0 N–H and O–H groups in total. The van der Waals surface area contributed by atoms with E-state index in [2.05, 4.69) is 33.3 Å². The van der Waals surface area contributed by atoms with E-state index in [1.165, 1.54) is 19.3 Å². The third-order valence-electron chi connectivity index (χ3n) is 4.85. The number of hydrogen-bond acceptors (Lipinski definition) is 4. The molecular formula is C16H28N4O. The van der Waals surface area contributed by atoms with E-state index in [1.807, 2.05) is 12.4 Å². The molecule has 2 aliphatic rings. The average molecular weight is 292 g/mol. The van der Waals surface area contributed by atoms with Crippen molar-refractivity contribution in [3.05, 3.63) is 18.2 Å². The van der Waals surface area contributed by atoms with Gasteiger partial charge in [-0.25, -0.2) is 4.98 Å². The molecule has 21 heavy (non-hydrogen) atoms. The van der Waals surface area contributed by atoms with Gasteiger partial charge in [-0.05, 0) is 26.2 Å². The molecular weight excluding hydrogens is 264 g/mol. The SMILES string of the molecule is CC1CN(CC2CCCCO2)CCN1Cc1nccn1C. The van der Waals surface area contributed by atoms with E-state index in [1.54, 1.807) is 0 Å². The summed E-state index contributed by atoms with van der Waals surface area (Å²) in [5.74, 6) is 1.16. The molecule has 0 spiro atoms. The van der Waals surface area contributed by atoms with Gasteiger partial charge in [0, 0.05) is 58.3 Å². The van der Waals surface area contributed by atoms with Crippen LogP contribution in [0.5, 0.6) is 0 Å². The van der Waals surface area contributed by atoms with Crippen LogP contribution in [-0.4, -0.2) is 64.3 Å². The van der Waals surface area contributed by atoms with Crippen LogP contribution in [0.25, 0.3) is 0 Å². The molecule has 0 radical (unpaired) electrons. The van der Waals surface area contributed by atoms with Crippen LogP contribution in [0.4, 0.5) is 0 Å². The maximum Gasteiger partial charge on any atom is 0.122 e. The molecule has 0 bridgehead atoms. The van der Waals surface area contributed by atoms with Gasteiger partial charge in [0.25, 0.3) is 0 Å². The minimum Gasteiger partial charge on any atom is -0.377 e. The molecule has 2 atom stereocenters. The lowest BCUT2D eigenvalue weighted by atomic mass is 10.1. The number of rotatable bonds is 4. The molecule has 0 aromatic carbocycles. The van der Waals surface area contributed by atoms with Crippen molar-refractivity contribution in [2.75, 3.05) is 32.8 Å². The quantitative estimate of drug-likeness (QED) is 0.842. The summed E-state index contributed by atoms with van der Waals surface area (Å²) in [6.07, 6.45) is 8.19. The van der Waals surface area contributed by atoms with E-state index in [-0.39, 0.29) is 0 Å². The van der Waals surface area contributed by atoms with Crippen LogP contribution >= 0.6 is 0 Å². The fraction of sp³-hybridized carbons (Fsp3) is 0.812. The van der Waals surface area contributed by atoms with Crippen molar-refractivity contribution >= 4 is 0 Å². The van der Waals surface area contributed by atoms with Crippen molar-refractivity contribution in [1.29, 1.82) is 0 Å². The molecule has 5 heteroatoms. The number of aryl methyl sites for hydroxylation is 1. The first kappa shape index (κ1) is 15.0. The van der Waals surface area contributed by atoms with E-state index in [4.69, 9.17) is 4.74 Å². The lowest BCUT2D eigenvalue weighted by molar-refractivity contribution is -0.0221. The van der Waals surface area contributed by atoms with Crippen molar-refractivity contribution in [2.45, 2.75) is 44.9 Å². The molecule has 2 aliphatic heterocycles. The first-order chi connectivity index (χ1) is 10.2. The summed E-state index contributed by atoms with van der Waals surface area (Å²) in [6, 6.07) is 0.582. The molecule has 118 valence electrons. The third-order valence-corrected chi connectivity index (χ3v) is 4.85. The highest BCUT2D eigenvalue weighted by Gasteiger charge is 2.26. The van der Waals surface area contributed by atoms with Gasteiger partial charge < -0.3 is 9.30 Å². The number of imidazole rings is 1. The van der Waals surface area contributed by atoms with Gasteiger partial charge in [0.2, 0.25) is 0 Å². The normalized spacial score (nSPS) is 28.9. The summed E-state index contributed by atoms with van der Waals surface area (Å²) < 4.78 is 8.00. The molecule has 0 aliphatic carbocycles. The molecule has 2 unspecified atom stereocenters. The Morgan fingerprint density at radius 3 is 2.90 bits per heavy atom. The second kappa shape index (κ2) is 6.90. The Morgan fingerprint density at radius 1 is 1.33 bits per heavy atom. The molecule has 1 aromatic rings. The van der Waals surface area contributed by atoms with Gasteiger partial charge in [-0.1, -0.05) is 0 Å². The summed E-state index contributed by atoms with van der Waals surface area (Å²) in [5.41, 5.74) is 0. The van der Waals surface area contributed by atoms with E-state index >= 15 is 0 Å². The molecule has 0 saturated carbocycles. The van der Waals surface area contributed by atoms with Crippen molar-refractivity contribution in [3.63, 3.8) is 0 Å². The van der Waals surface area contributed by atoms with Crippen molar-refractivity contribution in [3.8, 4) is 0 Å². The lowest BCUT2D eigenvalue weighted by Crippen LogP contribution is -2.53. The van der Waals surface area contributed by atoms with E-state index in [9.17, 15) is 0 Å². The number of hydrogen-bond donors (Lipinski definition) is 0. The topological polar surface area (TPSA) is 33.5 Å². The maximum absolute atomic E-state index is 5.88. The fourth-order valence-electron chi connectivity index (χ4n) is 3.44. The van der Waals surface area contributed by atoms with Gasteiger partial charge >= 0.3 is 0 Å². The van der Waals surface area contributed by atoms with Gasteiger partial charge in [0.15, 0.2) is 0 Å². The predicted octanol–water partition coefficient (Wildman–Crippen LogP) is 1.50. The summed E-state index contributed by atoms with van der Waals surface area (Å²) in [6.45, 7) is 8.77. The molecule has 1 aromatic heterocycles. The minimum absolute atomic E-state index is 0.465. The zero-order valence-electron chi connectivity index (χ0n) is 13.4. The standard InChI is InChI=1S/C16H28N4O/c1-14-11-19(12-15-5-3-4-10-21-15)8-9-20(14)13-16-17-6-7-18(16)2/h6-7,14-15H,3-5,8-13H2,1-2H3. The monoisotopic (exact) mass is 292 g/mol. The summed E-state index contributed by atoms with van der Waals surface area (Å²) in [5, 5.41) is 0. The summed E-state index contributed by atoms with van der Waals surface area (Å²) in [7, 11) is 2.07. The number of nitrogens with zero attached hydrogens (tertiary/aromatic N) is 4. The first-order valence-electron chi connectivity index (χ1n) is 8.26. The van der Waals surface area contributed by atoms with Crippen LogP contribution in [0.1, 0.15) is 32.0 Å². The molecule has 3 rings (SSSR count). The summed E-state index contributed by atoms with van der Waals surface area (Å²) >= 11 is 0. The van der Waals surface area contributed by atoms with E-state index < -0.39 is 0 Å². The van der Waals surface area contributed by atoms with E-state index in [0.29, 0.717) is 12.1 Å². The highest BCUT2D eigenvalue weighted by Crippen LogP contribution is 2.17. The Labute approximate surface area is 127 Å². The van der Waals surface area contributed by atoms with Crippen LogP contribution in [0, 0.1) is 0 Å². The number of aromatic nitrogens is 2. The van der Waals surface area contributed by atoms with Crippen LogP contribution < -0.4 is 0 Å². The molecule has 5 nitrogen and oxygen atoms in total. The lowest BCUT2D eigenvalue weighted by Gasteiger charge is -2.41. The molecule has 3 heterocycles. The smallest absolute Gasteiger partial charge is 0.122 e. The number of piperazine rings is 1. The van der Waals surface area contributed by atoms with Crippen LogP contribution in [-0.2, 0) is 18.3 Å². The van der Waals surface area contributed by atoms with Crippen LogP contribution in [0.15, 0.2) is 12.4 Å². The third kappa shape index (κ3) is 3.84. The second-order valence-corrected chi connectivity index (χ2v) is 6.52. The zero-order valence-corrected chi connectivity index (χ0v) is 13.4. The number of ether oxygens (including phenoxy) is 1. The van der Waals surface area contributed by atoms with Gasteiger partial charge in [-0.3, -0.25) is 9.80 Å². The summed E-state index contributed by atoms with van der Waals surface area (Å²) in [4.78, 5) is 9.57. The second-order valence-electron chi connectivity index (χ2n) is 6.52. The minimum atomic E-state index is 0.465. The highest BCUT2D eigenvalue weighted by atomic mass is 16.5. The highest BCUT2D eigenvalue weighted by molar-refractivity contribution is 4.93. The predicted molar refractivity (Wildman–Crippen MR) is 83.1 cm³/mol. The first-order valence-corrected chi connectivity index (χ1v) is 8.26. The van der Waals surface area contributed by atoms with Gasteiger partial charge in [0.05, 0.1) is 12.6 Å². The van der Waals surface area contributed by atoms with Crippen LogP contribution in [0.2, 0.25) is 0 Å². The van der Waals surface area contributed by atoms with Gasteiger partial charge in [-0.2, -0.15) is 0 Å². The van der Waals surface area contributed by atoms with Gasteiger partial charge in [-0.15, -0.1) is 0 Å². The van der Waals surface area contributed by atoms with Crippen molar-refractivity contribution in [2.24, 2.45) is 7.05 Å². The van der Waals surface area contributed by atoms with Gasteiger partial charge in [0.1, 0.15) is 5.82 Å². The van der Waals surface area contributed by atoms with Crippen molar-refractivity contribution < 1.29 is 4.74 Å². The Kier molecular flexibility index (Phi) is 4.93. The largest absolute Gasteiger partial charge is 0.377 e. The van der Waals surface area contributed by atoms with E-state index in [0.717, 1.165) is 45.2 Å².